The van der Waals surface area contributed by atoms with Crippen LogP contribution in [-0.4, -0.2) is 22.7 Å². The normalized spacial score (nSPS) is 10.4. The third-order valence-electron chi connectivity index (χ3n) is 2.92. The fraction of sp³-hybridized carbons (Fsp3) is 0.133. The topological polar surface area (TPSA) is 69.6 Å². The largest absolute Gasteiger partial charge is 0.504 e. The lowest BCUT2D eigenvalue weighted by atomic mass is 10.1. The van der Waals surface area contributed by atoms with Crippen molar-refractivity contribution in [2.45, 2.75) is 6.42 Å². The molecule has 0 fully saturated rings. The van der Waals surface area contributed by atoms with Crippen molar-refractivity contribution in [2.24, 2.45) is 0 Å². The van der Waals surface area contributed by atoms with E-state index >= 15 is 0 Å². The number of nitrogens with one attached hydrogen (secondary N) is 1. The number of benzene rings is 2. The summed E-state index contributed by atoms with van der Waals surface area (Å²) in [6, 6.07) is 9.21. The Balaban J connectivity index is 1.92. The van der Waals surface area contributed by atoms with Crippen LogP contribution in [0, 0.1) is 0 Å². The number of aromatic hydroxyl groups is 2. The average Bonchev–Trinajstić information content (AvgIpc) is 2.45. The van der Waals surface area contributed by atoms with Crippen LogP contribution in [0.5, 0.6) is 11.5 Å². The van der Waals surface area contributed by atoms with Gasteiger partial charge in [0.15, 0.2) is 11.5 Å². The van der Waals surface area contributed by atoms with E-state index in [-0.39, 0.29) is 17.4 Å². The molecule has 0 atom stereocenters. The van der Waals surface area contributed by atoms with Gasteiger partial charge in [-0.1, -0.05) is 29.3 Å². The number of phenolic OH excluding ortho intramolecular Hbond substituents is 2. The third kappa shape index (κ3) is 4.03. The highest BCUT2D eigenvalue weighted by Crippen LogP contribution is 2.25. The number of phenols is 2. The zero-order valence-corrected chi connectivity index (χ0v) is 12.4. The number of carbonyl (C=O) groups is 1. The summed E-state index contributed by atoms with van der Waals surface area (Å²) in [7, 11) is 0. The second-order valence-electron chi connectivity index (χ2n) is 4.46. The second kappa shape index (κ2) is 6.70. The minimum atomic E-state index is -0.253. The maximum atomic E-state index is 11.9. The van der Waals surface area contributed by atoms with E-state index in [1.165, 1.54) is 18.2 Å². The fourth-order valence-electron chi connectivity index (χ4n) is 1.78. The molecule has 1 amide bonds. The monoisotopic (exact) mass is 325 g/mol. The van der Waals surface area contributed by atoms with E-state index < -0.39 is 0 Å². The Kier molecular flexibility index (Phi) is 4.94. The SMILES string of the molecule is O=C(NCCc1ccc(O)c(O)c1)c1ccc(Cl)c(Cl)c1. The zero-order chi connectivity index (χ0) is 15.4. The Bertz CT molecular complexity index is 674. The summed E-state index contributed by atoms with van der Waals surface area (Å²) in [6.07, 6.45) is 0.529. The lowest BCUT2D eigenvalue weighted by molar-refractivity contribution is 0.0954. The molecular weight excluding hydrogens is 313 g/mol. The number of amides is 1. The third-order valence-corrected chi connectivity index (χ3v) is 3.66. The van der Waals surface area contributed by atoms with Crippen LogP contribution in [0.1, 0.15) is 15.9 Å². The van der Waals surface area contributed by atoms with Crippen molar-refractivity contribution in [1.29, 1.82) is 0 Å². The molecule has 2 rings (SSSR count). The molecule has 0 unspecified atom stereocenters. The molecule has 3 N–H and O–H groups in total. The molecule has 2 aromatic rings. The van der Waals surface area contributed by atoms with E-state index in [1.807, 2.05) is 0 Å². The van der Waals surface area contributed by atoms with Gasteiger partial charge >= 0.3 is 0 Å². The van der Waals surface area contributed by atoms with Gasteiger partial charge in [0.2, 0.25) is 0 Å². The van der Waals surface area contributed by atoms with E-state index in [1.54, 1.807) is 18.2 Å². The maximum absolute atomic E-state index is 11.9. The van der Waals surface area contributed by atoms with E-state index in [0.29, 0.717) is 28.6 Å². The Hall–Kier alpha value is -1.91. The van der Waals surface area contributed by atoms with Crippen molar-refractivity contribution < 1.29 is 15.0 Å². The molecule has 2 aromatic carbocycles. The first-order valence-corrected chi connectivity index (χ1v) is 6.97. The first kappa shape index (κ1) is 15.5. The van der Waals surface area contributed by atoms with Crippen LogP contribution >= 0.6 is 23.2 Å². The van der Waals surface area contributed by atoms with Crippen LogP contribution in [0.4, 0.5) is 0 Å². The highest BCUT2D eigenvalue weighted by atomic mass is 35.5. The van der Waals surface area contributed by atoms with Crippen molar-refractivity contribution in [3.05, 3.63) is 57.6 Å². The summed E-state index contributed by atoms with van der Waals surface area (Å²) in [5.74, 6) is -0.599. The van der Waals surface area contributed by atoms with E-state index in [2.05, 4.69) is 5.32 Å². The molecule has 0 spiro atoms. The highest BCUT2D eigenvalue weighted by molar-refractivity contribution is 6.42. The van der Waals surface area contributed by atoms with Crippen molar-refractivity contribution in [1.82, 2.24) is 5.32 Å². The van der Waals surface area contributed by atoms with Gasteiger partial charge in [-0.25, -0.2) is 0 Å². The van der Waals surface area contributed by atoms with Crippen LogP contribution in [-0.2, 0) is 6.42 Å². The van der Waals surface area contributed by atoms with Crippen LogP contribution in [0.3, 0.4) is 0 Å². The molecule has 0 aromatic heterocycles. The summed E-state index contributed by atoms with van der Waals surface area (Å²) < 4.78 is 0. The number of rotatable bonds is 4. The lowest BCUT2D eigenvalue weighted by Crippen LogP contribution is -2.25. The average molecular weight is 326 g/mol. The smallest absolute Gasteiger partial charge is 0.251 e. The molecule has 0 saturated heterocycles. The standard InChI is InChI=1S/C15H13Cl2NO3/c16-11-3-2-10(8-12(11)17)15(21)18-6-5-9-1-4-13(19)14(20)7-9/h1-4,7-8,19-20H,5-6H2,(H,18,21). The summed E-state index contributed by atoms with van der Waals surface area (Å²) in [5, 5.41) is 22.1. The number of hydrogen-bond acceptors (Lipinski definition) is 3. The molecular formula is C15H13Cl2NO3. The fourth-order valence-corrected chi connectivity index (χ4v) is 2.08. The van der Waals surface area contributed by atoms with E-state index in [0.717, 1.165) is 5.56 Å². The predicted octanol–water partition coefficient (Wildman–Crippen LogP) is 3.38. The molecule has 4 nitrogen and oxygen atoms in total. The zero-order valence-electron chi connectivity index (χ0n) is 10.9. The van der Waals surface area contributed by atoms with Gasteiger partial charge in [-0.3, -0.25) is 4.79 Å². The van der Waals surface area contributed by atoms with Crippen molar-refractivity contribution in [3.63, 3.8) is 0 Å². The van der Waals surface area contributed by atoms with Crippen molar-refractivity contribution in [3.8, 4) is 11.5 Å². The number of hydrogen-bond donors (Lipinski definition) is 3. The lowest BCUT2D eigenvalue weighted by Gasteiger charge is -2.07. The molecule has 0 aliphatic heterocycles. The molecule has 6 heteroatoms. The van der Waals surface area contributed by atoms with Gasteiger partial charge in [0.1, 0.15) is 0 Å². The van der Waals surface area contributed by atoms with Crippen LogP contribution < -0.4 is 5.32 Å². The summed E-state index contributed by atoms with van der Waals surface area (Å²) in [4.78, 5) is 11.9. The van der Waals surface area contributed by atoms with Gasteiger partial charge in [0.05, 0.1) is 10.0 Å². The van der Waals surface area contributed by atoms with Gasteiger partial charge in [-0.05, 0) is 42.3 Å². The summed E-state index contributed by atoms with van der Waals surface area (Å²) in [5.41, 5.74) is 1.23. The molecule has 110 valence electrons. The maximum Gasteiger partial charge on any atom is 0.251 e. The quantitative estimate of drug-likeness (QED) is 0.755. The molecule has 0 saturated carbocycles. The highest BCUT2D eigenvalue weighted by Gasteiger charge is 2.08. The molecule has 21 heavy (non-hydrogen) atoms. The van der Waals surface area contributed by atoms with Gasteiger partial charge in [0, 0.05) is 12.1 Å². The van der Waals surface area contributed by atoms with Gasteiger partial charge in [-0.2, -0.15) is 0 Å². The van der Waals surface area contributed by atoms with Gasteiger partial charge in [-0.15, -0.1) is 0 Å². The van der Waals surface area contributed by atoms with E-state index in [9.17, 15) is 15.0 Å². The molecule has 0 aliphatic rings. The first-order chi connectivity index (χ1) is 9.97. The minimum Gasteiger partial charge on any atom is -0.504 e. The van der Waals surface area contributed by atoms with Crippen molar-refractivity contribution in [2.75, 3.05) is 6.54 Å². The number of carbonyl (C=O) groups excluding carboxylic acids is 1. The second-order valence-corrected chi connectivity index (χ2v) is 5.27. The van der Waals surface area contributed by atoms with Gasteiger partial charge < -0.3 is 15.5 Å². The Labute approximate surface area is 131 Å². The minimum absolute atomic E-state index is 0.168. The molecule has 0 bridgehead atoms. The summed E-state index contributed by atoms with van der Waals surface area (Å²) in [6.45, 7) is 0.392. The van der Waals surface area contributed by atoms with E-state index in [4.69, 9.17) is 23.2 Å². The summed E-state index contributed by atoms with van der Waals surface area (Å²) >= 11 is 11.6. The molecule has 0 radical (unpaired) electrons. The van der Waals surface area contributed by atoms with Crippen LogP contribution in [0.15, 0.2) is 36.4 Å². The van der Waals surface area contributed by atoms with Crippen LogP contribution in [0.25, 0.3) is 0 Å². The number of halogens is 2. The predicted molar refractivity (Wildman–Crippen MR) is 82.3 cm³/mol. The van der Waals surface area contributed by atoms with Gasteiger partial charge in [0.25, 0.3) is 5.91 Å². The van der Waals surface area contributed by atoms with Crippen LogP contribution in [0.2, 0.25) is 10.0 Å². The Morgan fingerprint density at radius 3 is 2.43 bits per heavy atom. The first-order valence-electron chi connectivity index (χ1n) is 6.21. The molecule has 0 aliphatic carbocycles. The molecule has 0 heterocycles. The van der Waals surface area contributed by atoms with Crippen molar-refractivity contribution >= 4 is 29.1 Å². The Morgan fingerprint density at radius 2 is 1.76 bits per heavy atom. The Morgan fingerprint density at radius 1 is 1.00 bits per heavy atom.